The minimum Gasteiger partial charge on any atom is -0.506 e. The van der Waals surface area contributed by atoms with Crippen molar-refractivity contribution < 1.29 is 24.3 Å². The van der Waals surface area contributed by atoms with Crippen molar-refractivity contribution in [2.24, 2.45) is 0 Å². The van der Waals surface area contributed by atoms with Crippen LogP contribution in [0.2, 0.25) is 0 Å². The molecule has 5 amide bonds. The highest BCUT2D eigenvalue weighted by Crippen LogP contribution is 2.28. The second-order valence-electron chi connectivity index (χ2n) is 7.22. The van der Waals surface area contributed by atoms with Crippen LogP contribution in [0.3, 0.4) is 0 Å². The van der Waals surface area contributed by atoms with Crippen molar-refractivity contribution in [2.75, 3.05) is 5.32 Å². The topological polar surface area (TPSA) is 128 Å². The van der Waals surface area contributed by atoms with Crippen molar-refractivity contribution in [1.29, 1.82) is 0 Å². The number of carbonyl (C=O) groups is 4. The molecule has 0 saturated carbocycles. The molecule has 0 spiro atoms. The molecule has 0 aromatic heterocycles. The van der Waals surface area contributed by atoms with Crippen LogP contribution < -0.4 is 16.0 Å². The Balaban J connectivity index is 1.39. The van der Waals surface area contributed by atoms with Gasteiger partial charge >= 0.3 is 6.03 Å². The molecule has 1 saturated heterocycles. The molecule has 1 fully saturated rings. The highest BCUT2D eigenvalue weighted by molar-refractivity contribution is 6.05. The zero-order valence-corrected chi connectivity index (χ0v) is 16.0. The first-order valence-electron chi connectivity index (χ1n) is 9.51. The number of para-hydroxylation sites is 2. The Morgan fingerprint density at radius 2 is 1.97 bits per heavy atom. The number of rotatable bonds is 4. The molecule has 9 heteroatoms. The van der Waals surface area contributed by atoms with E-state index in [4.69, 9.17) is 0 Å². The van der Waals surface area contributed by atoms with Crippen molar-refractivity contribution in [3.05, 3.63) is 59.2 Å². The minimum absolute atomic E-state index is 0.0303. The molecule has 0 radical (unpaired) electrons. The van der Waals surface area contributed by atoms with Crippen molar-refractivity contribution in [3.63, 3.8) is 0 Å². The van der Waals surface area contributed by atoms with Crippen LogP contribution in [0.15, 0.2) is 42.5 Å². The molecule has 9 nitrogen and oxygen atoms in total. The van der Waals surface area contributed by atoms with E-state index in [1.54, 1.807) is 30.3 Å². The van der Waals surface area contributed by atoms with Crippen LogP contribution in [0.25, 0.3) is 0 Å². The summed E-state index contributed by atoms with van der Waals surface area (Å²) in [6.45, 7) is 0.498. The third-order valence-electron chi connectivity index (χ3n) is 5.19. The Kier molecular flexibility index (Phi) is 5.09. The van der Waals surface area contributed by atoms with Crippen molar-refractivity contribution in [1.82, 2.24) is 15.5 Å². The van der Waals surface area contributed by atoms with Gasteiger partial charge in [-0.25, -0.2) is 4.79 Å². The second-order valence-corrected chi connectivity index (χ2v) is 7.22. The van der Waals surface area contributed by atoms with Gasteiger partial charge in [0.15, 0.2) is 0 Å². The molecule has 0 aliphatic carbocycles. The van der Waals surface area contributed by atoms with Gasteiger partial charge in [-0.3, -0.25) is 19.7 Å². The number of imide groups is 1. The lowest BCUT2D eigenvalue weighted by Gasteiger charge is -2.29. The maximum Gasteiger partial charge on any atom is 0.319 e. The smallest absolute Gasteiger partial charge is 0.319 e. The molecule has 1 atom stereocenters. The molecule has 4 N–H and O–H groups in total. The van der Waals surface area contributed by atoms with Gasteiger partial charge in [0.25, 0.3) is 5.91 Å². The van der Waals surface area contributed by atoms with E-state index in [1.165, 1.54) is 11.0 Å². The number of nitrogens with one attached hydrogen (secondary N) is 3. The standard InChI is InChI=1S/C21H20N4O5/c26-17-4-2-1-3-15(17)23-21(30)22-10-12-5-6-14-13(9-12)11-25(20(14)29)16-7-8-18(27)24-19(16)28/h1-6,9,16,26H,7-8,10-11H2,(H2,22,23,30)(H,24,27,28). The molecule has 2 aromatic rings. The molecule has 1 unspecified atom stereocenters. The number of phenols is 1. The highest BCUT2D eigenvalue weighted by Gasteiger charge is 2.39. The summed E-state index contributed by atoms with van der Waals surface area (Å²) in [7, 11) is 0. The summed E-state index contributed by atoms with van der Waals surface area (Å²) in [5.74, 6) is -1.04. The number of hydrogen-bond acceptors (Lipinski definition) is 5. The maximum atomic E-state index is 12.7. The fourth-order valence-electron chi connectivity index (χ4n) is 3.67. The van der Waals surface area contributed by atoms with Gasteiger partial charge in [0.1, 0.15) is 11.8 Å². The second kappa shape index (κ2) is 7.86. The number of hydrogen-bond donors (Lipinski definition) is 4. The summed E-state index contributed by atoms with van der Waals surface area (Å²) in [6, 6.07) is 10.5. The molecular weight excluding hydrogens is 388 g/mol. The number of aromatic hydroxyl groups is 1. The number of carbonyl (C=O) groups excluding carboxylic acids is 4. The maximum absolute atomic E-state index is 12.7. The van der Waals surface area contributed by atoms with Gasteiger partial charge in [0, 0.05) is 25.1 Å². The van der Waals surface area contributed by atoms with E-state index in [9.17, 15) is 24.3 Å². The average molecular weight is 408 g/mol. The third kappa shape index (κ3) is 3.82. The minimum atomic E-state index is -0.659. The van der Waals surface area contributed by atoms with Crippen molar-refractivity contribution in [3.8, 4) is 5.75 Å². The predicted octanol–water partition coefficient (Wildman–Crippen LogP) is 1.47. The summed E-state index contributed by atoms with van der Waals surface area (Å²) in [5.41, 5.74) is 2.38. The molecule has 2 aliphatic heterocycles. The first kappa shape index (κ1) is 19.4. The van der Waals surface area contributed by atoms with E-state index < -0.39 is 18.0 Å². The van der Waals surface area contributed by atoms with Gasteiger partial charge < -0.3 is 20.6 Å². The predicted molar refractivity (Wildman–Crippen MR) is 106 cm³/mol. The Hall–Kier alpha value is -3.88. The molecule has 2 aliphatic rings. The Morgan fingerprint density at radius 3 is 2.73 bits per heavy atom. The van der Waals surface area contributed by atoms with Gasteiger partial charge in [-0.15, -0.1) is 0 Å². The number of amides is 5. The monoisotopic (exact) mass is 408 g/mol. The SMILES string of the molecule is O=C1CCC(N2Cc3cc(CNC(=O)Nc4ccccc4O)ccc3C2=O)C(=O)N1. The van der Waals surface area contributed by atoms with Gasteiger partial charge in [0.05, 0.1) is 5.69 Å². The number of benzene rings is 2. The summed E-state index contributed by atoms with van der Waals surface area (Å²) >= 11 is 0. The van der Waals surface area contributed by atoms with E-state index in [0.717, 1.165) is 11.1 Å². The number of piperidine rings is 1. The van der Waals surface area contributed by atoms with Crippen LogP contribution in [0, 0.1) is 0 Å². The first-order chi connectivity index (χ1) is 14.4. The third-order valence-corrected chi connectivity index (χ3v) is 5.19. The van der Waals surface area contributed by atoms with Crippen LogP contribution >= 0.6 is 0 Å². The van der Waals surface area contributed by atoms with E-state index in [1.807, 2.05) is 6.07 Å². The molecular formula is C21H20N4O5. The Morgan fingerprint density at radius 1 is 1.17 bits per heavy atom. The molecule has 154 valence electrons. The Bertz CT molecular complexity index is 1050. The molecule has 30 heavy (non-hydrogen) atoms. The summed E-state index contributed by atoms with van der Waals surface area (Å²) < 4.78 is 0. The Labute approximate surface area is 172 Å². The zero-order valence-electron chi connectivity index (χ0n) is 16.0. The number of urea groups is 1. The van der Waals surface area contributed by atoms with E-state index in [-0.39, 0.29) is 37.1 Å². The zero-order chi connectivity index (χ0) is 21.3. The van der Waals surface area contributed by atoms with Crippen LogP contribution in [-0.2, 0) is 22.7 Å². The van der Waals surface area contributed by atoms with Crippen LogP contribution in [0.4, 0.5) is 10.5 Å². The van der Waals surface area contributed by atoms with Crippen molar-refractivity contribution in [2.45, 2.75) is 32.0 Å². The first-order valence-corrected chi connectivity index (χ1v) is 9.51. The van der Waals surface area contributed by atoms with Gasteiger partial charge in [-0.1, -0.05) is 24.3 Å². The highest BCUT2D eigenvalue weighted by atomic mass is 16.3. The van der Waals surface area contributed by atoms with Gasteiger partial charge in [-0.05, 0) is 35.7 Å². The molecule has 2 heterocycles. The number of fused-ring (bicyclic) bond motifs is 1. The number of nitrogens with zero attached hydrogens (tertiary/aromatic N) is 1. The molecule has 2 aromatic carbocycles. The lowest BCUT2D eigenvalue weighted by molar-refractivity contribution is -0.136. The van der Waals surface area contributed by atoms with Crippen LogP contribution in [-0.4, -0.2) is 39.8 Å². The van der Waals surface area contributed by atoms with E-state index in [0.29, 0.717) is 17.7 Å². The van der Waals surface area contributed by atoms with E-state index >= 15 is 0 Å². The van der Waals surface area contributed by atoms with E-state index in [2.05, 4.69) is 16.0 Å². The normalized spacial score (nSPS) is 18.1. The summed E-state index contributed by atoms with van der Waals surface area (Å²) in [4.78, 5) is 49.7. The quantitative estimate of drug-likeness (QED) is 0.450. The number of phenolic OH excluding ortho intramolecular Hbond substituents is 1. The van der Waals surface area contributed by atoms with Crippen molar-refractivity contribution >= 4 is 29.4 Å². The summed E-state index contributed by atoms with van der Waals surface area (Å²) in [6.07, 6.45) is 0.517. The lowest BCUT2D eigenvalue weighted by Crippen LogP contribution is -2.52. The molecule has 4 rings (SSSR count). The fraction of sp³-hybridized carbons (Fsp3) is 0.238. The summed E-state index contributed by atoms with van der Waals surface area (Å²) in [5, 5.41) is 17.3. The van der Waals surface area contributed by atoms with Crippen LogP contribution in [0.5, 0.6) is 5.75 Å². The largest absolute Gasteiger partial charge is 0.506 e. The average Bonchev–Trinajstić information content (AvgIpc) is 3.04. The van der Waals surface area contributed by atoms with Crippen LogP contribution in [0.1, 0.15) is 34.3 Å². The number of anilines is 1. The van der Waals surface area contributed by atoms with Gasteiger partial charge in [0.2, 0.25) is 11.8 Å². The van der Waals surface area contributed by atoms with Gasteiger partial charge in [-0.2, -0.15) is 0 Å². The molecule has 0 bridgehead atoms. The fourth-order valence-corrected chi connectivity index (χ4v) is 3.67. The lowest BCUT2D eigenvalue weighted by atomic mass is 10.0.